The van der Waals surface area contributed by atoms with Gasteiger partial charge in [0, 0.05) is 6.54 Å². The molecule has 0 atom stereocenters. The van der Waals surface area contributed by atoms with Crippen LogP contribution < -0.4 is 15.2 Å². The number of nitrogens with two attached hydrogens (primary N) is 1. The molecule has 0 heterocycles. The zero-order valence-electron chi connectivity index (χ0n) is 13.6. The van der Waals surface area contributed by atoms with Crippen LogP contribution in [0.4, 0.5) is 0 Å². The van der Waals surface area contributed by atoms with Crippen LogP contribution in [0, 0.1) is 6.92 Å². The first-order valence-corrected chi connectivity index (χ1v) is 8.90. The maximum Gasteiger partial charge on any atom is 0.255 e. The maximum atomic E-state index is 12.3. The largest absolute Gasteiger partial charge is 0.496 e. The van der Waals surface area contributed by atoms with Gasteiger partial charge in [0.05, 0.1) is 17.6 Å². The molecule has 3 N–H and O–H groups in total. The molecule has 0 spiro atoms. The summed E-state index contributed by atoms with van der Waals surface area (Å²) in [4.78, 5) is 12.3. The summed E-state index contributed by atoms with van der Waals surface area (Å²) < 4.78 is 27.6. The van der Waals surface area contributed by atoms with Gasteiger partial charge in [0.25, 0.3) is 5.91 Å². The molecule has 0 aliphatic rings. The number of amides is 1. The summed E-state index contributed by atoms with van der Waals surface area (Å²) in [7, 11) is -2.16. The number of nitrogens with one attached hydrogen (secondary N) is 1. The predicted molar refractivity (Wildman–Crippen MR) is 91.6 cm³/mol. The lowest BCUT2D eigenvalue weighted by Gasteiger charge is -2.10. The third-order valence-corrected chi connectivity index (χ3v) is 4.48. The lowest BCUT2D eigenvalue weighted by molar-refractivity contribution is 0.0951. The van der Waals surface area contributed by atoms with E-state index < -0.39 is 10.0 Å². The van der Waals surface area contributed by atoms with Crippen molar-refractivity contribution >= 4 is 15.9 Å². The second-order valence-corrected chi connectivity index (χ2v) is 6.96. The number of methoxy groups -OCH3 is 1. The van der Waals surface area contributed by atoms with Gasteiger partial charge in [-0.15, -0.1) is 0 Å². The molecule has 0 saturated heterocycles. The van der Waals surface area contributed by atoms with Crippen LogP contribution in [0.25, 0.3) is 0 Å². The molecule has 2 rings (SSSR count). The molecule has 0 fully saturated rings. The van der Waals surface area contributed by atoms with E-state index in [0.717, 1.165) is 11.1 Å². The number of primary sulfonamides is 1. The molecule has 1 amide bonds. The highest BCUT2D eigenvalue weighted by Crippen LogP contribution is 2.19. The van der Waals surface area contributed by atoms with Crippen molar-refractivity contribution in [3.8, 4) is 5.75 Å². The Labute approximate surface area is 141 Å². The van der Waals surface area contributed by atoms with Crippen molar-refractivity contribution in [3.63, 3.8) is 0 Å². The Hall–Kier alpha value is -2.38. The highest BCUT2D eigenvalue weighted by Gasteiger charge is 2.12. The summed E-state index contributed by atoms with van der Waals surface area (Å²) >= 11 is 0. The van der Waals surface area contributed by atoms with E-state index in [9.17, 15) is 13.2 Å². The molecule has 0 aromatic heterocycles. The summed E-state index contributed by atoms with van der Waals surface area (Å²) in [5, 5.41) is 7.89. The van der Waals surface area contributed by atoms with Gasteiger partial charge in [-0.1, -0.05) is 23.8 Å². The molecule has 7 heteroatoms. The quantitative estimate of drug-likeness (QED) is 0.829. The second kappa shape index (κ2) is 7.46. The second-order valence-electron chi connectivity index (χ2n) is 5.40. The van der Waals surface area contributed by atoms with E-state index in [-0.39, 0.29) is 10.8 Å². The molecular formula is C17H20N2O4S. The van der Waals surface area contributed by atoms with E-state index in [1.807, 2.05) is 13.0 Å². The minimum absolute atomic E-state index is 0.0692. The lowest BCUT2D eigenvalue weighted by atomic mass is 10.1. The van der Waals surface area contributed by atoms with E-state index >= 15 is 0 Å². The Balaban J connectivity index is 1.97. The fourth-order valence-corrected chi connectivity index (χ4v) is 2.78. The fourth-order valence-electron chi connectivity index (χ4n) is 2.26. The van der Waals surface area contributed by atoms with Gasteiger partial charge in [0.15, 0.2) is 0 Å². The van der Waals surface area contributed by atoms with Crippen molar-refractivity contribution in [2.75, 3.05) is 13.7 Å². The third-order valence-electron chi connectivity index (χ3n) is 3.55. The summed E-state index contributed by atoms with van der Waals surface area (Å²) in [6, 6.07) is 11.7. The van der Waals surface area contributed by atoms with E-state index in [1.54, 1.807) is 24.3 Å². The molecule has 6 nitrogen and oxygen atoms in total. The standard InChI is InChI=1S/C17H20N2O4S/c1-12-3-8-16(23-2)15(11-12)17(20)19-10-9-13-4-6-14(7-5-13)24(18,21)22/h3-8,11H,9-10H2,1-2H3,(H,19,20)(H2,18,21,22). The molecule has 0 radical (unpaired) electrons. The highest BCUT2D eigenvalue weighted by molar-refractivity contribution is 7.89. The van der Waals surface area contributed by atoms with Crippen LogP contribution in [0.15, 0.2) is 47.4 Å². The number of carbonyl (C=O) groups excluding carboxylic acids is 1. The minimum Gasteiger partial charge on any atom is -0.496 e. The normalized spacial score (nSPS) is 11.1. The average molecular weight is 348 g/mol. The minimum atomic E-state index is -3.68. The summed E-state index contributed by atoms with van der Waals surface area (Å²) in [6.45, 7) is 2.33. The Morgan fingerprint density at radius 1 is 1.17 bits per heavy atom. The molecule has 24 heavy (non-hydrogen) atoms. The van der Waals surface area contributed by atoms with Crippen molar-refractivity contribution in [2.45, 2.75) is 18.2 Å². The van der Waals surface area contributed by atoms with Gasteiger partial charge in [0.1, 0.15) is 5.75 Å². The number of aryl methyl sites for hydroxylation is 1. The number of hydrogen-bond donors (Lipinski definition) is 2. The van der Waals surface area contributed by atoms with Crippen molar-refractivity contribution in [2.24, 2.45) is 5.14 Å². The number of benzene rings is 2. The van der Waals surface area contributed by atoms with Crippen molar-refractivity contribution < 1.29 is 17.9 Å². The lowest BCUT2D eigenvalue weighted by Crippen LogP contribution is -2.26. The third kappa shape index (κ3) is 4.56. The zero-order valence-corrected chi connectivity index (χ0v) is 14.4. The van der Waals surface area contributed by atoms with Crippen molar-refractivity contribution in [1.82, 2.24) is 5.32 Å². The topological polar surface area (TPSA) is 98.5 Å². The molecule has 0 saturated carbocycles. The van der Waals surface area contributed by atoms with Gasteiger partial charge in [-0.3, -0.25) is 4.79 Å². The Morgan fingerprint density at radius 3 is 2.42 bits per heavy atom. The Bertz CT molecular complexity index is 830. The molecule has 0 aliphatic heterocycles. The van der Waals surface area contributed by atoms with Crippen LogP contribution in [-0.4, -0.2) is 28.0 Å². The Morgan fingerprint density at radius 2 is 1.83 bits per heavy atom. The van der Waals surface area contributed by atoms with Crippen LogP contribution in [-0.2, 0) is 16.4 Å². The molecule has 0 bridgehead atoms. The molecule has 2 aromatic rings. The van der Waals surface area contributed by atoms with Gasteiger partial charge < -0.3 is 10.1 Å². The monoisotopic (exact) mass is 348 g/mol. The first kappa shape index (κ1) is 18.0. The highest BCUT2D eigenvalue weighted by atomic mass is 32.2. The smallest absolute Gasteiger partial charge is 0.255 e. The number of sulfonamides is 1. The molecule has 0 aliphatic carbocycles. The van der Waals surface area contributed by atoms with Crippen molar-refractivity contribution in [3.05, 3.63) is 59.2 Å². The van der Waals surface area contributed by atoms with Crippen LogP contribution in [0.3, 0.4) is 0 Å². The summed E-state index contributed by atoms with van der Waals surface area (Å²) in [6.07, 6.45) is 0.574. The molecule has 0 unspecified atom stereocenters. The van der Waals surface area contributed by atoms with Gasteiger partial charge >= 0.3 is 0 Å². The average Bonchev–Trinajstić information content (AvgIpc) is 2.54. The first-order chi connectivity index (χ1) is 11.3. The number of ether oxygens (including phenoxy) is 1. The maximum absolute atomic E-state index is 12.3. The summed E-state index contributed by atoms with van der Waals surface area (Å²) in [5.41, 5.74) is 2.36. The van der Waals surface area contributed by atoms with Crippen LogP contribution in [0.1, 0.15) is 21.5 Å². The van der Waals surface area contributed by atoms with Gasteiger partial charge in [-0.25, -0.2) is 13.6 Å². The summed E-state index contributed by atoms with van der Waals surface area (Å²) in [5.74, 6) is 0.312. The fraction of sp³-hybridized carbons (Fsp3) is 0.235. The number of rotatable bonds is 6. The Kier molecular flexibility index (Phi) is 5.58. The van der Waals surface area contributed by atoms with E-state index in [4.69, 9.17) is 9.88 Å². The van der Waals surface area contributed by atoms with Gasteiger partial charge in [-0.2, -0.15) is 0 Å². The predicted octanol–water partition coefficient (Wildman–Crippen LogP) is 1.62. The molecule has 2 aromatic carbocycles. The molecule has 128 valence electrons. The van der Waals surface area contributed by atoms with Crippen LogP contribution in [0.2, 0.25) is 0 Å². The van der Waals surface area contributed by atoms with Gasteiger partial charge in [0.2, 0.25) is 10.0 Å². The van der Waals surface area contributed by atoms with E-state index in [2.05, 4.69) is 5.32 Å². The van der Waals surface area contributed by atoms with E-state index in [1.165, 1.54) is 19.2 Å². The SMILES string of the molecule is COc1ccc(C)cc1C(=O)NCCc1ccc(S(N)(=O)=O)cc1. The van der Waals surface area contributed by atoms with Crippen molar-refractivity contribution in [1.29, 1.82) is 0 Å². The van der Waals surface area contributed by atoms with Gasteiger partial charge in [-0.05, 0) is 43.2 Å². The number of carbonyl (C=O) groups is 1. The molecular weight excluding hydrogens is 328 g/mol. The number of hydrogen-bond acceptors (Lipinski definition) is 4. The van der Waals surface area contributed by atoms with Crippen LogP contribution in [0.5, 0.6) is 5.75 Å². The van der Waals surface area contributed by atoms with E-state index in [0.29, 0.717) is 24.3 Å². The van der Waals surface area contributed by atoms with Crippen LogP contribution >= 0.6 is 0 Å². The first-order valence-electron chi connectivity index (χ1n) is 7.36. The zero-order chi connectivity index (χ0) is 17.7.